The topological polar surface area (TPSA) is 103 Å². The number of nitrogens with one attached hydrogen (secondary N) is 1. The molecule has 32 heavy (non-hydrogen) atoms. The van der Waals surface area contributed by atoms with Crippen molar-refractivity contribution in [3.05, 3.63) is 76.0 Å². The number of anilines is 1. The number of thiazole rings is 1. The number of nitrogens with zero attached hydrogens (tertiary/aromatic N) is 3. The van der Waals surface area contributed by atoms with Crippen LogP contribution in [0.4, 0.5) is 5.13 Å². The number of hydrogen-bond donors (Lipinski definition) is 1. The van der Waals surface area contributed by atoms with E-state index in [0.717, 1.165) is 21.0 Å². The molecule has 0 spiro atoms. The molecule has 162 valence electrons. The molecule has 0 unspecified atom stereocenters. The molecule has 0 atom stereocenters. The molecule has 0 radical (unpaired) electrons. The van der Waals surface area contributed by atoms with Crippen LogP contribution in [0.5, 0.6) is 0 Å². The summed E-state index contributed by atoms with van der Waals surface area (Å²) in [7, 11) is 0. The van der Waals surface area contributed by atoms with Crippen molar-refractivity contribution in [2.45, 2.75) is 19.9 Å². The molecule has 2 aromatic carbocycles. The first-order valence-electron chi connectivity index (χ1n) is 9.99. The van der Waals surface area contributed by atoms with E-state index in [2.05, 4.69) is 15.4 Å². The van der Waals surface area contributed by atoms with Crippen LogP contribution in [0.25, 0.3) is 22.0 Å². The second-order valence-electron chi connectivity index (χ2n) is 6.92. The van der Waals surface area contributed by atoms with Crippen LogP contribution in [0.15, 0.2) is 64.8 Å². The number of carbonyl (C=O) groups is 2. The van der Waals surface area contributed by atoms with Gasteiger partial charge in [-0.3, -0.25) is 14.4 Å². The van der Waals surface area contributed by atoms with E-state index in [-0.39, 0.29) is 24.5 Å². The van der Waals surface area contributed by atoms with Crippen molar-refractivity contribution < 1.29 is 14.3 Å². The van der Waals surface area contributed by atoms with E-state index in [4.69, 9.17) is 4.74 Å². The fraction of sp³-hybridized carbons (Fsp3) is 0.174. The van der Waals surface area contributed by atoms with Gasteiger partial charge in [-0.15, -0.1) is 11.3 Å². The van der Waals surface area contributed by atoms with Crippen molar-refractivity contribution in [2.75, 3.05) is 11.9 Å². The summed E-state index contributed by atoms with van der Waals surface area (Å²) in [4.78, 5) is 40.6. The van der Waals surface area contributed by atoms with Gasteiger partial charge in [0.05, 0.1) is 24.4 Å². The van der Waals surface area contributed by atoms with Crippen molar-refractivity contribution in [3.8, 4) is 11.3 Å². The first kappa shape index (κ1) is 21.4. The molecule has 0 bridgehead atoms. The lowest BCUT2D eigenvalue weighted by Gasteiger charge is -2.09. The Morgan fingerprint density at radius 1 is 1.09 bits per heavy atom. The minimum Gasteiger partial charge on any atom is -0.466 e. The van der Waals surface area contributed by atoms with E-state index in [0.29, 0.717) is 23.1 Å². The van der Waals surface area contributed by atoms with E-state index in [9.17, 15) is 14.4 Å². The zero-order valence-electron chi connectivity index (χ0n) is 17.3. The minimum absolute atomic E-state index is 0.0360. The number of carbonyl (C=O) groups excluding carboxylic acids is 2. The Bertz CT molecular complexity index is 1340. The van der Waals surface area contributed by atoms with Gasteiger partial charge in [-0.2, -0.15) is 5.10 Å². The molecule has 4 rings (SSSR count). The summed E-state index contributed by atoms with van der Waals surface area (Å²) < 4.78 is 6.02. The van der Waals surface area contributed by atoms with Gasteiger partial charge >= 0.3 is 5.97 Å². The van der Waals surface area contributed by atoms with E-state index in [1.54, 1.807) is 18.4 Å². The van der Waals surface area contributed by atoms with Crippen molar-refractivity contribution >= 4 is 39.1 Å². The fourth-order valence-electron chi connectivity index (χ4n) is 3.25. The standard InChI is InChI=1S/C23H20N4O4S/c1-2-31-22(30)12-16-14-32-23(24-16)25-20(28)13-27-21(29)11-10-19(26-27)18-9-5-7-15-6-3-4-8-17(15)18/h3-11,14H,2,12-13H2,1H3,(H,24,25,28). The normalized spacial score (nSPS) is 10.8. The van der Waals surface area contributed by atoms with Crippen LogP contribution < -0.4 is 10.9 Å². The molecule has 2 heterocycles. The average molecular weight is 449 g/mol. The smallest absolute Gasteiger partial charge is 0.311 e. The number of aromatic nitrogens is 3. The summed E-state index contributed by atoms with van der Waals surface area (Å²) in [5, 5.41) is 11.1. The van der Waals surface area contributed by atoms with E-state index < -0.39 is 5.91 Å². The van der Waals surface area contributed by atoms with E-state index in [1.165, 1.54) is 17.4 Å². The molecular weight excluding hydrogens is 428 g/mol. The highest BCUT2D eigenvalue weighted by atomic mass is 32.1. The summed E-state index contributed by atoms with van der Waals surface area (Å²) >= 11 is 1.20. The molecule has 9 heteroatoms. The van der Waals surface area contributed by atoms with Crippen LogP contribution in [-0.2, 0) is 27.3 Å². The SMILES string of the molecule is CCOC(=O)Cc1csc(NC(=O)Cn2nc(-c3cccc4ccccc34)ccc2=O)n1. The molecule has 1 amide bonds. The first-order chi connectivity index (χ1) is 15.5. The number of rotatable bonds is 7. The quantitative estimate of drug-likeness (QED) is 0.435. The number of esters is 1. The molecule has 0 fully saturated rings. The molecule has 2 aromatic heterocycles. The van der Waals surface area contributed by atoms with Crippen LogP contribution in [0.1, 0.15) is 12.6 Å². The second kappa shape index (κ2) is 9.52. The number of fused-ring (bicyclic) bond motifs is 1. The summed E-state index contributed by atoms with van der Waals surface area (Å²) in [5.41, 5.74) is 1.60. The highest BCUT2D eigenvalue weighted by Gasteiger charge is 2.13. The summed E-state index contributed by atoms with van der Waals surface area (Å²) in [5.74, 6) is -0.816. The van der Waals surface area contributed by atoms with Gasteiger partial charge in [0.2, 0.25) is 5.91 Å². The van der Waals surface area contributed by atoms with Gasteiger partial charge < -0.3 is 10.1 Å². The summed E-state index contributed by atoms with van der Waals surface area (Å²) in [6.07, 6.45) is 0.0360. The molecule has 0 aliphatic rings. The Labute approximate surface area is 187 Å². The lowest BCUT2D eigenvalue weighted by molar-refractivity contribution is -0.142. The van der Waals surface area contributed by atoms with Gasteiger partial charge in [0.15, 0.2) is 5.13 Å². The van der Waals surface area contributed by atoms with Crippen LogP contribution >= 0.6 is 11.3 Å². The Morgan fingerprint density at radius 2 is 1.91 bits per heavy atom. The van der Waals surface area contributed by atoms with E-state index >= 15 is 0 Å². The number of hydrogen-bond acceptors (Lipinski definition) is 7. The molecule has 0 aliphatic carbocycles. The molecule has 0 saturated heterocycles. The maximum atomic E-state index is 12.5. The van der Waals surface area contributed by atoms with Crippen LogP contribution in [-0.4, -0.2) is 33.2 Å². The van der Waals surface area contributed by atoms with Crippen LogP contribution in [0.3, 0.4) is 0 Å². The third-order valence-corrected chi connectivity index (χ3v) is 5.46. The lowest BCUT2D eigenvalue weighted by Crippen LogP contribution is -2.29. The number of benzene rings is 2. The number of amides is 1. The van der Waals surface area contributed by atoms with E-state index in [1.807, 2.05) is 42.5 Å². The molecule has 8 nitrogen and oxygen atoms in total. The van der Waals surface area contributed by atoms with Gasteiger partial charge in [0.25, 0.3) is 5.56 Å². The summed E-state index contributed by atoms with van der Waals surface area (Å²) in [6, 6.07) is 16.8. The first-order valence-corrected chi connectivity index (χ1v) is 10.9. The Balaban J connectivity index is 1.50. The Hall–Kier alpha value is -3.85. The largest absolute Gasteiger partial charge is 0.466 e. The zero-order chi connectivity index (χ0) is 22.5. The highest BCUT2D eigenvalue weighted by molar-refractivity contribution is 7.13. The molecule has 0 aliphatic heterocycles. The molecule has 1 N–H and O–H groups in total. The van der Waals surface area contributed by atoms with Gasteiger partial charge in [0, 0.05) is 17.0 Å². The number of ether oxygens (including phenoxy) is 1. The predicted molar refractivity (Wildman–Crippen MR) is 123 cm³/mol. The fourth-order valence-corrected chi connectivity index (χ4v) is 3.98. The third-order valence-electron chi connectivity index (χ3n) is 4.65. The second-order valence-corrected chi connectivity index (χ2v) is 7.77. The predicted octanol–water partition coefficient (Wildman–Crippen LogP) is 3.26. The highest BCUT2D eigenvalue weighted by Crippen LogP contribution is 2.26. The van der Waals surface area contributed by atoms with Gasteiger partial charge in [-0.05, 0) is 23.8 Å². The van der Waals surface area contributed by atoms with Gasteiger partial charge in [0.1, 0.15) is 6.54 Å². The third kappa shape index (κ3) is 4.89. The zero-order valence-corrected chi connectivity index (χ0v) is 18.1. The van der Waals surface area contributed by atoms with Crippen LogP contribution in [0, 0.1) is 0 Å². The van der Waals surface area contributed by atoms with Crippen molar-refractivity contribution in [3.63, 3.8) is 0 Å². The van der Waals surface area contributed by atoms with Crippen molar-refractivity contribution in [2.24, 2.45) is 0 Å². The Morgan fingerprint density at radius 3 is 2.75 bits per heavy atom. The maximum Gasteiger partial charge on any atom is 0.311 e. The summed E-state index contributed by atoms with van der Waals surface area (Å²) in [6.45, 7) is 1.77. The Kier molecular flexibility index (Phi) is 6.37. The minimum atomic E-state index is -0.438. The van der Waals surface area contributed by atoms with Crippen LogP contribution in [0.2, 0.25) is 0 Å². The molecule has 4 aromatic rings. The average Bonchev–Trinajstić information content (AvgIpc) is 3.21. The van der Waals surface area contributed by atoms with Crippen molar-refractivity contribution in [1.29, 1.82) is 0 Å². The molecule has 0 saturated carbocycles. The van der Waals surface area contributed by atoms with Gasteiger partial charge in [-0.1, -0.05) is 42.5 Å². The lowest BCUT2D eigenvalue weighted by atomic mass is 10.0. The van der Waals surface area contributed by atoms with Gasteiger partial charge in [-0.25, -0.2) is 9.67 Å². The molecular formula is C23H20N4O4S. The van der Waals surface area contributed by atoms with Crippen molar-refractivity contribution in [1.82, 2.24) is 14.8 Å². The maximum absolute atomic E-state index is 12.5. The monoisotopic (exact) mass is 448 g/mol.